The van der Waals surface area contributed by atoms with E-state index in [2.05, 4.69) is 57.4 Å². The van der Waals surface area contributed by atoms with Crippen LogP contribution in [0.25, 0.3) is 5.69 Å². The minimum absolute atomic E-state index is 0.164. The van der Waals surface area contributed by atoms with Crippen molar-refractivity contribution in [3.05, 3.63) is 101 Å². The smallest absolute Gasteiger partial charge is 0.174 e. The molecule has 2 fully saturated rings. The third-order valence-corrected chi connectivity index (χ3v) is 8.12. The highest BCUT2D eigenvalue weighted by Crippen LogP contribution is 2.44. The summed E-state index contributed by atoms with van der Waals surface area (Å²) in [6.07, 6.45) is 1.81. The van der Waals surface area contributed by atoms with Crippen LogP contribution in [0.2, 0.25) is 5.02 Å². The monoisotopic (exact) mass is 559 g/mol. The van der Waals surface area contributed by atoms with Gasteiger partial charge in [-0.1, -0.05) is 17.7 Å². The number of nitrogens with one attached hydrogen (secondary N) is 1. The maximum absolute atomic E-state index is 10.7. The minimum atomic E-state index is -0.167. The lowest BCUT2D eigenvalue weighted by molar-refractivity contribution is 0.122. The van der Waals surface area contributed by atoms with Crippen LogP contribution < -0.4 is 15.1 Å². The Labute approximate surface area is 238 Å². The number of hydrogen-bond acceptors (Lipinski definition) is 5. The SMILES string of the molecule is Cc1cc(C2C(c3ccccn3)NC(=S)N2c2ccc(N3CCOCC3)cc2)c(C)n1-c1cc(Cl)ccc1O. The van der Waals surface area contributed by atoms with Gasteiger partial charge in [0.2, 0.25) is 0 Å². The van der Waals surface area contributed by atoms with E-state index in [1.54, 1.807) is 18.2 Å². The molecular formula is C30H30ClN5O2S. The Balaban J connectivity index is 1.45. The summed E-state index contributed by atoms with van der Waals surface area (Å²) in [4.78, 5) is 9.21. The number of morpholine rings is 1. The lowest BCUT2D eigenvalue weighted by Crippen LogP contribution is -2.36. The van der Waals surface area contributed by atoms with Gasteiger partial charge in [-0.15, -0.1) is 0 Å². The number of thiocarbonyl (C=S) groups is 1. The molecule has 0 saturated carbocycles. The quantitative estimate of drug-likeness (QED) is 0.297. The van der Waals surface area contributed by atoms with E-state index in [4.69, 9.17) is 28.6 Å². The molecule has 0 aliphatic carbocycles. The second-order valence-corrected chi connectivity index (χ2v) is 10.7. The number of phenols is 1. The molecule has 4 aromatic rings. The summed E-state index contributed by atoms with van der Waals surface area (Å²) in [6.45, 7) is 7.36. The second-order valence-electron chi connectivity index (χ2n) is 9.91. The van der Waals surface area contributed by atoms with E-state index in [1.165, 1.54) is 5.69 Å². The maximum Gasteiger partial charge on any atom is 0.174 e. The van der Waals surface area contributed by atoms with Crippen LogP contribution in [0.4, 0.5) is 11.4 Å². The molecule has 200 valence electrons. The molecule has 4 heterocycles. The molecule has 0 radical (unpaired) electrons. The van der Waals surface area contributed by atoms with Gasteiger partial charge in [0.25, 0.3) is 0 Å². The number of aryl methyl sites for hydroxylation is 1. The van der Waals surface area contributed by atoms with Crippen molar-refractivity contribution in [1.82, 2.24) is 14.9 Å². The number of hydrogen-bond donors (Lipinski definition) is 2. The number of pyridine rings is 1. The van der Waals surface area contributed by atoms with Crippen molar-refractivity contribution in [2.24, 2.45) is 0 Å². The summed E-state index contributed by atoms with van der Waals surface area (Å²) < 4.78 is 7.57. The number of ether oxygens (including phenoxy) is 1. The Morgan fingerprint density at radius 3 is 2.46 bits per heavy atom. The van der Waals surface area contributed by atoms with Crippen molar-refractivity contribution in [1.29, 1.82) is 0 Å². The van der Waals surface area contributed by atoms with Gasteiger partial charge in [-0.25, -0.2) is 0 Å². The molecule has 2 aromatic heterocycles. The van der Waals surface area contributed by atoms with Gasteiger partial charge in [-0.3, -0.25) is 4.98 Å². The van der Waals surface area contributed by atoms with Crippen molar-refractivity contribution >= 4 is 40.3 Å². The fourth-order valence-corrected chi connectivity index (χ4v) is 6.24. The standard InChI is InChI=1S/C30H30ClN5O2S/c1-19-17-24(20(2)35(19)26-18-21(31)6-11-27(26)37)29-28(25-5-3-4-12-32-25)33-30(39)36(29)23-9-7-22(8-10-23)34-13-15-38-16-14-34/h3-12,17-18,28-29,37H,13-16H2,1-2H3,(H,33,39). The Morgan fingerprint density at radius 1 is 1.00 bits per heavy atom. The predicted octanol–water partition coefficient (Wildman–Crippen LogP) is 5.86. The van der Waals surface area contributed by atoms with E-state index >= 15 is 0 Å². The summed E-state index contributed by atoms with van der Waals surface area (Å²) in [7, 11) is 0. The number of benzene rings is 2. The van der Waals surface area contributed by atoms with E-state index in [-0.39, 0.29) is 17.8 Å². The van der Waals surface area contributed by atoms with E-state index in [1.807, 2.05) is 35.9 Å². The lowest BCUT2D eigenvalue weighted by atomic mass is 9.96. The first-order chi connectivity index (χ1) is 18.9. The van der Waals surface area contributed by atoms with Gasteiger partial charge in [-0.05, 0) is 92.3 Å². The predicted molar refractivity (Wildman–Crippen MR) is 159 cm³/mol. The fraction of sp³-hybridized carbons (Fsp3) is 0.267. The molecule has 9 heteroatoms. The lowest BCUT2D eigenvalue weighted by Gasteiger charge is -2.31. The average Bonchev–Trinajstić information content (AvgIpc) is 3.45. The van der Waals surface area contributed by atoms with Gasteiger partial charge in [0.1, 0.15) is 5.75 Å². The van der Waals surface area contributed by atoms with Crippen molar-refractivity contribution < 1.29 is 9.84 Å². The third kappa shape index (κ3) is 4.73. The maximum atomic E-state index is 10.7. The molecule has 0 amide bonds. The number of nitrogens with zero attached hydrogens (tertiary/aromatic N) is 4. The molecule has 2 saturated heterocycles. The normalized spacial score (nSPS) is 19.4. The molecule has 2 aromatic carbocycles. The molecule has 6 rings (SSSR count). The molecular weight excluding hydrogens is 530 g/mol. The minimum Gasteiger partial charge on any atom is -0.506 e. The van der Waals surface area contributed by atoms with Crippen molar-refractivity contribution in [2.45, 2.75) is 25.9 Å². The van der Waals surface area contributed by atoms with Crippen LogP contribution in [0.15, 0.2) is 72.9 Å². The summed E-state index contributed by atoms with van der Waals surface area (Å²) in [6, 6.07) is 21.5. The van der Waals surface area contributed by atoms with Gasteiger partial charge in [-0.2, -0.15) is 0 Å². The first-order valence-corrected chi connectivity index (χ1v) is 13.8. The van der Waals surface area contributed by atoms with Crippen LogP contribution in [0.3, 0.4) is 0 Å². The Hall–Kier alpha value is -3.59. The Bertz CT molecular complexity index is 1500. The zero-order valence-corrected chi connectivity index (χ0v) is 23.4. The van der Waals surface area contributed by atoms with E-state index in [9.17, 15) is 5.11 Å². The van der Waals surface area contributed by atoms with Crippen molar-refractivity contribution in [2.75, 3.05) is 36.1 Å². The summed E-state index contributed by atoms with van der Waals surface area (Å²) in [5, 5.41) is 15.5. The zero-order valence-electron chi connectivity index (χ0n) is 21.8. The number of phenolic OH excluding ortho intramolecular Hbond substituents is 1. The van der Waals surface area contributed by atoms with Crippen molar-refractivity contribution in [3.63, 3.8) is 0 Å². The molecule has 39 heavy (non-hydrogen) atoms. The van der Waals surface area contributed by atoms with Gasteiger partial charge < -0.3 is 29.5 Å². The van der Waals surface area contributed by atoms with Crippen molar-refractivity contribution in [3.8, 4) is 11.4 Å². The van der Waals surface area contributed by atoms with Crippen LogP contribution in [-0.2, 0) is 4.74 Å². The molecule has 2 N–H and O–H groups in total. The van der Waals surface area contributed by atoms with Gasteiger partial charge in [0.15, 0.2) is 5.11 Å². The van der Waals surface area contributed by atoms with Gasteiger partial charge in [0, 0.05) is 47.1 Å². The van der Waals surface area contributed by atoms with Crippen LogP contribution in [-0.4, -0.2) is 46.1 Å². The molecule has 2 atom stereocenters. The first kappa shape index (κ1) is 25.7. The summed E-state index contributed by atoms with van der Waals surface area (Å²) >= 11 is 12.3. The molecule has 0 spiro atoms. The van der Waals surface area contributed by atoms with E-state index in [0.29, 0.717) is 15.8 Å². The van der Waals surface area contributed by atoms with Crippen LogP contribution >= 0.6 is 23.8 Å². The zero-order chi connectivity index (χ0) is 27.1. The number of aromatic nitrogens is 2. The largest absolute Gasteiger partial charge is 0.506 e. The van der Waals surface area contributed by atoms with E-state index < -0.39 is 0 Å². The van der Waals surface area contributed by atoms with E-state index in [0.717, 1.165) is 54.6 Å². The number of halogens is 1. The number of aromatic hydroxyl groups is 1. The molecule has 2 aliphatic heterocycles. The Morgan fingerprint density at radius 2 is 1.74 bits per heavy atom. The van der Waals surface area contributed by atoms with Gasteiger partial charge >= 0.3 is 0 Å². The highest BCUT2D eigenvalue weighted by atomic mass is 35.5. The third-order valence-electron chi connectivity index (χ3n) is 7.57. The number of anilines is 2. The summed E-state index contributed by atoms with van der Waals surface area (Å²) in [5.74, 6) is 0.171. The first-order valence-electron chi connectivity index (χ1n) is 13.0. The highest BCUT2D eigenvalue weighted by molar-refractivity contribution is 7.80. The molecule has 0 bridgehead atoms. The average molecular weight is 560 g/mol. The van der Waals surface area contributed by atoms with Crippen LogP contribution in [0, 0.1) is 13.8 Å². The van der Waals surface area contributed by atoms with Crippen LogP contribution in [0.1, 0.15) is 34.7 Å². The van der Waals surface area contributed by atoms with Crippen LogP contribution in [0.5, 0.6) is 5.75 Å². The highest BCUT2D eigenvalue weighted by Gasteiger charge is 2.42. The molecule has 2 aliphatic rings. The van der Waals surface area contributed by atoms with Gasteiger partial charge in [0.05, 0.1) is 36.7 Å². The summed E-state index contributed by atoms with van der Waals surface area (Å²) in [5.41, 5.74) is 6.81. The molecule has 2 unspecified atom stereocenters. The fourth-order valence-electron chi connectivity index (χ4n) is 5.73. The second kappa shape index (κ2) is 10.5. The topological polar surface area (TPSA) is 65.8 Å². The Kier molecular flexibility index (Phi) is 6.93. The number of rotatable bonds is 5. The molecule has 7 nitrogen and oxygen atoms in total.